The quantitative estimate of drug-likeness (QED) is 0.245. The van der Waals surface area contributed by atoms with E-state index < -0.39 is 5.57 Å². The molecule has 27 heavy (non-hydrogen) atoms. The number of imide groups is 1. The minimum atomic E-state index is -3.55. The van der Waals surface area contributed by atoms with Crippen LogP contribution in [0.1, 0.15) is 78.5 Å². The van der Waals surface area contributed by atoms with Crippen LogP contribution in [-0.2, 0) is 4.74 Å². The molecule has 1 aliphatic heterocycles. The third kappa shape index (κ3) is 7.18. The summed E-state index contributed by atoms with van der Waals surface area (Å²) in [6.45, 7) is 0.450. The van der Waals surface area contributed by atoms with Crippen LogP contribution >= 0.6 is 11.6 Å². The first-order valence-electron chi connectivity index (χ1n) is 9.56. The molecule has 1 heterocycles. The molecule has 0 aliphatic carbocycles. The summed E-state index contributed by atoms with van der Waals surface area (Å²) in [6.07, 6.45) is 8.54. The Morgan fingerprint density at radius 2 is 1.26 bits per heavy atom. The van der Waals surface area contributed by atoms with E-state index in [1.165, 1.54) is 4.90 Å². The largest absolute Gasteiger partial charge is 0.440 e. The summed E-state index contributed by atoms with van der Waals surface area (Å²) in [6, 6.07) is 6.94. The zero-order chi connectivity index (χ0) is 19.7. The lowest BCUT2D eigenvalue weighted by atomic mass is 10.1. The molecule has 0 saturated carbocycles. The summed E-state index contributed by atoms with van der Waals surface area (Å²) < 4.78 is 28.6. The van der Waals surface area contributed by atoms with Crippen LogP contribution < -0.4 is 0 Å². The van der Waals surface area contributed by atoms with Crippen molar-refractivity contribution < 1.29 is 23.1 Å². The first kappa shape index (κ1) is 21.8. The SMILES string of the molecule is O=C1c2ccccc2C(=O)N1CCCCCCCCCCCOC(F)(F)Cl. The summed E-state index contributed by atoms with van der Waals surface area (Å²) in [4.78, 5) is 25.8. The van der Waals surface area contributed by atoms with Gasteiger partial charge in [-0.05, 0) is 36.6 Å². The number of hydrogen-bond donors (Lipinski definition) is 0. The van der Waals surface area contributed by atoms with Crippen molar-refractivity contribution in [2.24, 2.45) is 0 Å². The molecule has 150 valence electrons. The van der Waals surface area contributed by atoms with E-state index in [0.717, 1.165) is 51.4 Å². The van der Waals surface area contributed by atoms with Crippen molar-refractivity contribution in [3.8, 4) is 0 Å². The smallest absolute Gasteiger partial charge is 0.307 e. The molecule has 0 atom stereocenters. The second kappa shape index (κ2) is 10.7. The van der Waals surface area contributed by atoms with E-state index in [1.807, 2.05) is 0 Å². The van der Waals surface area contributed by atoms with E-state index in [9.17, 15) is 18.4 Å². The number of carbonyl (C=O) groups excluding carboxylic acids is 2. The van der Waals surface area contributed by atoms with Gasteiger partial charge in [-0.25, -0.2) is 0 Å². The molecule has 0 radical (unpaired) electrons. The maximum atomic E-state index is 12.2. The van der Waals surface area contributed by atoms with Gasteiger partial charge in [0.15, 0.2) is 0 Å². The van der Waals surface area contributed by atoms with E-state index in [1.54, 1.807) is 24.3 Å². The Labute approximate surface area is 163 Å². The number of ether oxygens (including phenoxy) is 1. The van der Waals surface area contributed by atoms with Crippen LogP contribution in [0.4, 0.5) is 8.78 Å². The highest BCUT2D eigenvalue weighted by atomic mass is 35.5. The summed E-state index contributed by atoms with van der Waals surface area (Å²) in [5.41, 5.74) is -2.54. The van der Waals surface area contributed by atoms with Crippen molar-refractivity contribution >= 4 is 23.4 Å². The fraction of sp³-hybridized carbons (Fsp3) is 0.600. The number of amides is 2. The molecule has 1 aromatic rings. The van der Waals surface area contributed by atoms with Gasteiger partial charge < -0.3 is 4.74 Å². The predicted molar refractivity (Wildman–Crippen MR) is 100 cm³/mol. The van der Waals surface area contributed by atoms with Gasteiger partial charge in [0.2, 0.25) is 0 Å². The van der Waals surface area contributed by atoms with Gasteiger partial charge in [0.25, 0.3) is 11.8 Å². The number of alkyl halides is 3. The standard InChI is InChI=1S/C20H26ClF2NO3/c21-20(22,23)27-15-11-7-5-3-1-2-4-6-10-14-24-18(25)16-12-8-9-13-17(16)19(24)26/h8-9,12-13H,1-7,10-11,14-15H2. The molecule has 2 rings (SSSR count). The average Bonchev–Trinajstić information content (AvgIpc) is 2.86. The molecule has 2 amide bonds. The van der Waals surface area contributed by atoms with Crippen LogP contribution in [0.15, 0.2) is 24.3 Å². The third-order valence-electron chi connectivity index (χ3n) is 4.67. The molecule has 0 fully saturated rings. The lowest BCUT2D eigenvalue weighted by Crippen LogP contribution is -2.30. The van der Waals surface area contributed by atoms with Crippen LogP contribution in [0.25, 0.3) is 0 Å². The van der Waals surface area contributed by atoms with Crippen molar-refractivity contribution in [1.82, 2.24) is 4.90 Å². The Morgan fingerprint density at radius 3 is 1.74 bits per heavy atom. The number of hydrogen-bond acceptors (Lipinski definition) is 3. The molecule has 0 aromatic heterocycles. The molecule has 1 aromatic carbocycles. The molecule has 0 unspecified atom stereocenters. The first-order chi connectivity index (χ1) is 12.9. The molecule has 1 aliphatic rings. The second-order valence-electron chi connectivity index (χ2n) is 6.78. The Bertz CT molecular complexity index is 599. The minimum Gasteiger partial charge on any atom is -0.307 e. The highest BCUT2D eigenvalue weighted by molar-refractivity contribution is 6.21. The molecule has 0 bridgehead atoms. The number of fused-ring (bicyclic) bond motifs is 1. The number of rotatable bonds is 13. The van der Waals surface area contributed by atoms with Crippen molar-refractivity contribution in [2.45, 2.75) is 63.4 Å². The van der Waals surface area contributed by atoms with Crippen LogP contribution in [0.2, 0.25) is 0 Å². The maximum absolute atomic E-state index is 12.2. The van der Waals surface area contributed by atoms with Gasteiger partial charge in [-0.1, -0.05) is 57.1 Å². The molecule has 0 saturated heterocycles. The van der Waals surface area contributed by atoms with Gasteiger partial charge in [-0.15, -0.1) is 0 Å². The molecule has 0 spiro atoms. The van der Waals surface area contributed by atoms with E-state index in [2.05, 4.69) is 16.3 Å². The van der Waals surface area contributed by atoms with Crippen LogP contribution in [0, 0.1) is 0 Å². The van der Waals surface area contributed by atoms with Crippen LogP contribution in [0.5, 0.6) is 0 Å². The highest BCUT2D eigenvalue weighted by Crippen LogP contribution is 2.23. The number of halogens is 3. The number of unbranched alkanes of at least 4 members (excludes halogenated alkanes) is 8. The Kier molecular flexibility index (Phi) is 8.64. The molecule has 4 nitrogen and oxygen atoms in total. The highest BCUT2D eigenvalue weighted by Gasteiger charge is 2.34. The summed E-state index contributed by atoms with van der Waals surface area (Å²) in [5.74, 6) is -0.377. The summed E-state index contributed by atoms with van der Waals surface area (Å²) in [5, 5.41) is 0. The first-order valence-corrected chi connectivity index (χ1v) is 9.94. The van der Waals surface area contributed by atoms with Crippen molar-refractivity contribution in [2.75, 3.05) is 13.2 Å². The Morgan fingerprint density at radius 1 is 0.815 bits per heavy atom. The van der Waals surface area contributed by atoms with Crippen molar-refractivity contribution in [3.05, 3.63) is 35.4 Å². The zero-order valence-electron chi connectivity index (χ0n) is 15.4. The lowest BCUT2D eigenvalue weighted by Gasteiger charge is -2.13. The lowest BCUT2D eigenvalue weighted by molar-refractivity contribution is -0.170. The molecular weight excluding hydrogens is 376 g/mol. The maximum Gasteiger partial charge on any atom is 0.440 e. The summed E-state index contributed by atoms with van der Waals surface area (Å²) >= 11 is 4.64. The minimum absolute atomic E-state index is 0.0195. The normalized spacial score (nSPS) is 14.1. The monoisotopic (exact) mass is 401 g/mol. The van der Waals surface area contributed by atoms with Gasteiger partial charge in [0, 0.05) is 6.54 Å². The van der Waals surface area contributed by atoms with Gasteiger partial charge in [0.05, 0.1) is 17.7 Å². The number of nitrogens with zero attached hydrogens (tertiary/aromatic N) is 1. The third-order valence-corrected chi connectivity index (χ3v) is 4.78. The fourth-order valence-electron chi connectivity index (χ4n) is 3.24. The number of benzene rings is 1. The predicted octanol–water partition coefficient (Wildman–Crippen LogP) is 5.60. The van der Waals surface area contributed by atoms with Gasteiger partial charge in [-0.3, -0.25) is 14.5 Å². The van der Waals surface area contributed by atoms with Crippen molar-refractivity contribution in [3.63, 3.8) is 0 Å². The number of carbonyl (C=O) groups is 2. The van der Waals surface area contributed by atoms with Crippen molar-refractivity contribution in [1.29, 1.82) is 0 Å². The van der Waals surface area contributed by atoms with E-state index in [-0.39, 0.29) is 18.4 Å². The van der Waals surface area contributed by atoms with E-state index in [4.69, 9.17) is 0 Å². The molecular formula is C20H26ClF2NO3. The van der Waals surface area contributed by atoms with E-state index >= 15 is 0 Å². The van der Waals surface area contributed by atoms with Gasteiger partial charge >= 0.3 is 5.57 Å². The Hall–Kier alpha value is -1.53. The van der Waals surface area contributed by atoms with E-state index in [0.29, 0.717) is 24.1 Å². The fourth-order valence-corrected chi connectivity index (χ4v) is 3.32. The average molecular weight is 402 g/mol. The second-order valence-corrected chi connectivity index (χ2v) is 7.22. The van der Waals surface area contributed by atoms with Gasteiger partial charge in [-0.2, -0.15) is 8.78 Å². The summed E-state index contributed by atoms with van der Waals surface area (Å²) in [7, 11) is 0. The Balaban J connectivity index is 1.46. The van der Waals surface area contributed by atoms with Crippen LogP contribution in [-0.4, -0.2) is 35.4 Å². The van der Waals surface area contributed by atoms with Crippen LogP contribution in [0.3, 0.4) is 0 Å². The molecule has 7 heteroatoms. The van der Waals surface area contributed by atoms with Gasteiger partial charge in [0.1, 0.15) is 0 Å². The zero-order valence-corrected chi connectivity index (χ0v) is 16.1. The topological polar surface area (TPSA) is 46.6 Å². The molecule has 0 N–H and O–H groups in total.